The highest BCUT2D eigenvalue weighted by atomic mass is 16.5. The molecule has 4 rings (SSSR count). The molecule has 142 valence electrons. The van der Waals surface area contributed by atoms with Crippen molar-refractivity contribution in [1.29, 1.82) is 0 Å². The number of rotatable bonds is 5. The Balaban J connectivity index is 1.85. The number of hydrogen-bond donors (Lipinski definition) is 0. The van der Waals surface area contributed by atoms with E-state index in [0.717, 1.165) is 39.9 Å². The van der Waals surface area contributed by atoms with E-state index in [4.69, 9.17) is 4.74 Å². The van der Waals surface area contributed by atoms with Crippen molar-refractivity contribution in [3.05, 3.63) is 102 Å². The first-order valence-corrected chi connectivity index (χ1v) is 9.58. The zero-order valence-corrected chi connectivity index (χ0v) is 16.6. The molecule has 0 saturated carbocycles. The summed E-state index contributed by atoms with van der Waals surface area (Å²) < 4.78 is 5.30. The Kier molecular flexibility index (Phi) is 5.26. The van der Waals surface area contributed by atoms with Gasteiger partial charge in [0, 0.05) is 5.56 Å². The second-order valence-electron chi connectivity index (χ2n) is 7.13. The molecular formula is C27H22O2. The number of carbonyl (C=O) groups is 1. The third-order valence-electron chi connectivity index (χ3n) is 5.12. The summed E-state index contributed by atoms with van der Waals surface area (Å²) in [5, 5.41) is 0. The second kappa shape index (κ2) is 8.15. The van der Waals surface area contributed by atoms with Gasteiger partial charge in [-0.2, -0.15) is 0 Å². The lowest BCUT2D eigenvalue weighted by Gasteiger charge is -2.12. The molecule has 2 nitrogen and oxygen atoms in total. The minimum Gasteiger partial charge on any atom is -0.497 e. The Morgan fingerprint density at radius 1 is 0.586 bits per heavy atom. The topological polar surface area (TPSA) is 26.3 Å². The molecule has 0 aliphatic carbocycles. The van der Waals surface area contributed by atoms with Crippen LogP contribution in [-0.2, 0) is 0 Å². The minimum absolute atomic E-state index is 0.679. The van der Waals surface area contributed by atoms with Gasteiger partial charge in [0.1, 0.15) is 12.0 Å². The number of carbonyl (C=O) groups excluding carboxylic acids is 1. The highest BCUT2D eigenvalue weighted by molar-refractivity contribution is 5.82. The zero-order valence-electron chi connectivity index (χ0n) is 16.6. The second-order valence-corrected chi connectivity index (χ2v) is 7.13. The Hall–Kier alpha value is -3.65. The van der Waals surface area contributed by atoms with Gasteiger partial charge in [-0.1, -0.05) is 66.2 Å². The molecular weight excluding hydrogens is 356 g/mol. The van der Waals surface area contributed by atoms with Crippen molar-refractivity contribution in [3.8, 4) is 39.1 Å². The SMILES string of the molecule is COc1ccc(-c2cc(-c3ccc(C)cc3)cc(-c3ccc(C=O)cc3)c2)cc1. The van der Waals surface area contributed by atoms with E-state index in [-0.39, 0.29) is 0 Å². The largest absolute Gasteiger partial charge is 0.497 e. The number of benzene rings is 4. The summed E-state index contributed by atoms with van der Waals surface area (Å²) >= 11 is 0. The molecule has 0 spiro atoms. The average molecular weight is 378 g/mol. The third kappa shape index (κ3) is 4.12. The van der Waals surface area contributed by atoms with Gasteiger partial charge in [0.2, 0.25) is 0 Å². The summed E-state index contributed by atoms with van der Waals surface area (Å²) in [4.78, 5) is 11.0. The van der Waals surface area contributed by atoms with Gasteiger partial charge >= 0.3 is 0 Å². The molecule has 0 heterocycles. The minimum atomic E-state index is 0.679. The summed E-state index contributed by atoms with van der Waals surface area (Å²) in [6, 6.07) is 31.0. The molecule has 4 aromatic carbocycles. The highest BCUT2D eigenvalue weighted by Crippen LogP contribution is 2.33. The Labute approximate surface area is 171 Å². The third-order valence-corrected chi connectivity index (χ3v) is 5.12. The van der Waals surface area contributed by atoms with E-state index in [1.54, 1.807) is 7.11 Å². The molecule has 0 aliphatic heterocycles. The Bertz CT molecular complexity index is 1120. The fourth-order valence-corrected chi connectivity index (χ4v) is 3.41. The van der Waals surface area contributed by atoms with E-state index in [2.05, 4.69) is 61.5 Å². The Morgan fingerprint density at radius 2 is 1.00 bits per heavy atom. The first-order valence-electron chi connectivity index (χ1n) is 9.58. The molecule has 0 aromatic heterocycles. The summed E-state index contributed by atoms with van der Waals surface area (Å²) in [5.74, 6) is 0.841. The van der Waals surface area contributed by atoms with Gasteiger partial charge < -0.3 is 4.74 Å². The number of methoxy groups -OCH3 is 1. The smallest absolute Gasteiger partial charge is 0.150 e. The summed E-state index contributed by atoms with van der Waals surface area (Å²) in [6.07, 6.45) is 0.870. The van der Waals surface area contributed by atoms with E-state index in [1.165, 1.54) is 11.1 Å². The predicted octanol–water partition coefficient (Wildman–Crippen LogP) is 6.82. The van der Waals surface area contributed by atoms with Crippen LogP contribution in [-0.4, -0.2) is 13.4 Å². The van der Waals surface area contributed by atoms with Gasteiger partial charge in [-0.15, -0.1) is 0 Å². The van der Waals surface area contributed by atoms with Crippen LogP contribution in [0.15, 0.2) is 91.0 Å². The maximum absolute atomic E-state index is 11.0. The summed E-state index contributed by atoms with van der Waals surface area (Å²) in [7, 11) is 1.67. The van der Waals surface area contributed by atoms with Crippen LogP contribution in [0.4, 0.5) is 0 Å². The number of hydrogen-bond acceptors (Lipinski definition) is 2. The van der Waals surface area contributed by atoms with Gasteiger partial charge in [-0.25, -0.2) is 0 Å². The standard InChI is InChI=1S/C27H22O2/c1-19-3-7-21(8-4-19)24-15-25(22-9-5-20(18-28)6-10-22)17-26(16-24)23-11-13-27(29-2)14-12-23/h3-18H,1-2H3. The van der Waals surface area contributed by atoms with Crippen molar-refractivity contribution in [2.75, 3.05) is 7.11 Å². The molecule has 0 bridgehead atoms. The molecule has 29 heavy (non-hydrogen) atoms. The van der Waals surface area contributed by atoms with E-state index >= 15 is 0 Å². The van der Waals surface area contributed by atoms with E-state index < -0.39 is 0 Å². The van der Waals surface area contributed by atoms with E-state index in [0.29, 0.717) is 5.56 Å². The quantitative estimate of drug-likeness (QED) is 0.356. The molecule has 0 N–H and O–H groups in total. The number of aldehydes is 1. The maximum Gasteiger partial charge on any atom is 0.150 e. The van der Waals surface area contributed by atoms with Crippen molar-refractivity contribution in [2.45, 2.75) is 6.92 Å². The van der Waals surface area contributed by atoms with Crippen LogP contribution in [0.1, 0.15) is 15.9 Å². The maximum atomic E-state index is 11.0. The lowest BCUT2D eigenvalue weighted by atomic mass is 9.93. The first-order chi connectivity index (χ1) is 14.2. The van der Waals surface area contributed by atoms with Crippen molar-refractivity contribution < 1.29 is 9.53 Å². The fourth-order valence-electron chi connectivity index (χ4n) is 3.41. The van der Waals surface area contributed by atoms with Crippen molar-refractivity contribution in [3.63, 3.8) is 0 Å². The Morgan fingerprint density at radius 3 is 1.41 bits per heavy atom. The van der Waals surface area contributed by atoms with Gasteiger partial charge in [0.05, 0.1) is 7.11 Å². The molecule has 0 aliphatic rings. The van der Waals surface area contributed by atoms with Crippen LogP contribution < -0.4 is 4.74 Å². The average Bonchev–Trinajstić information content (AvgIpc) is 2.79. The van der Waals surface area contributed by atoms with Crippen LogP contribution in [0, 0.1) is 6.92 Å². The highest BCUT2D eigenvalue weighted by Gasteiger charge is 2.08. The van der Waals surface area contributed by atoms with E-state index in [1.807, 2.05) is 36.4 Å². The van der Waals surface area contributed by atoms with Crippen LogP contribution >= 0.6 is 0 Å². The lowest BCUT2D eigenvalue weighted by molar-refractivity contribution is 0.112. The molecule has 2 heteroatoms. The lowest BCUT2D eigenvalue weighted by Crippen LogP contribution is -1.88. The van der Waals surface area contributed by atoms with Crippen molar-refractivity contribution in [1.82, 2.24) is 0 Å². The molecule has 0 saturated heterocycles. The van der Waals surface area contributed by atoms with E-state index in [9.17, 15) is 4.79 Å². The monoisotopic (exact) mass is 378 g/mol. The van der Waals surface area contributed by atoms with Crippen molar-refractivity contribution in [2.24, 2.45) is 0 Å². The predicted molar refractivity (Wildman–Crippen MR) is 119 cm³/mol. The zero-order chi connectivity index (χ0) is 20.2. The van der Waals surface area contributed by atoms with Gasteiger partial charge in [0.25, 0.3) is 0 Å². The van der Waals surface area contributed by atoms with Gasteiger partial charge in [-0.05, 0) is 70.6 Å². The van der Waals surface area contributed by atoms with Crippen LogP contribution in [0.25, 0.3) is 33.4 Å². The molecule has 0 fully saturated rings. The van der Waals surface area contributed by atoms with Crippen LogP contribution in [0.3, 0.4) is 0 Å². The van der Waals surface area contributed by atoms with Gasteiger partial charge in [0.15, 0.2) is 0 Å². The van der Waals surface area contributed by atoms with Crippen LogP contribution in [0.5, 0.6) is 5.75 Å². The van der Waals surface area contributed by atoms with Gasteiger partial charge in [-0.3, -0.25) is 4.79 Å². The van der Waals surface area contributed by atoms with Crippen molar-refractivity contribution >= 4 is 6.29 Å². The van der Waals surface area contributed by atoms with Crippen LogP contribution in [0.2, 0.25) is 0 Å². The summed E-state index contributed by atoms with van der Waals surface area (Å²) in [6.45, 7) is 2.09. The molecule has 0 radical (unpaired) electrons. The normalized spacial score (nSPS) is 10.6. The fraction of sp³-hybridized carbons (Fsp3) is 0.0741. The number of aryl methyl sites for hydroxylation is 1. The molecule has 0 atom stereocenters. The first kappa shape index (κ1) is 18.7. The molecule has 0 unspecified atom stereocenters. The summed E-state index contributed by atoms with van der Waals surface area (Å²) in [5.41, 5.74) is 8.73. The number of ether oxygens (including phenoxy) is 1. The molecule has 4 aromatic rings. The molecule has 0 amide bonds.